The van der Waals surface area contributed by atoms with E-state index < -0.39 is 0 Å². The van der Waals surface area contributed by atoms with Crippen LogP contribution >= 0.6 is 11.8 Å². The summed E-state index contributed by atoms with van der Waals surface area (Å²) in [5.74, 6) is 2.39. The minimum absolute atomic E-state index is 0.179. The van der Waals surface area contributed by atoms with Crippen LogP contribution in [0.5, 0.6) is 5.88 Å². The topological polar surface area (TPSA) is 64.1 Å². The second-order valence-corrected chi connectivity index (χ2v) is 7.42. The van der Waals surface area contributed by atoms with Crippen molar-refractivity contribution in [3.63, 3.8) is 0 Å². The highest BCUT2D eigenvalue weighted by Crippen LogP contribution is 2.24. The lowest BCUT2D eigenvalue weighted by molar-refractivity contribution is 0.102. The third kappa shape index (κ3) is 3.65. The SMILES string of the molecule is Cc1ccc2c(NC(=O)c3ccnc(O[C@@H]4CCSC4)c3)cccc2n1. The Morgan fingerprint density at radius 1 is 1.27 bits per heavy atom. The van der Waals surface area contributed by atoms with Gasteiger partial charge in [0.2, 0.25) is 5.88 Å². The van der Waals surface area contributed by atoms with Crippen molar-refractivity contribution in [2.24, 2.45) is 0 Å². The maximum absolute atomic E-state index is 12.7. The Morgan fingerprint density at radius 2 is 2.19 bits per heavy atom. The van der Waals surface area contributed by atoms with E-state index in [9.17, 15) is 4.79 Å². The van der Waals surface area contributed by atoms with Crippen molar-refractivity contribution in [3.8, 4) is 5.88 Å². The van der Waals surface area contributed by atoms with Crippen LogP contribution in [0.1, 0.15) is 22.5 Å². The molecule has 2 aromatic heterocycles. The molecule has 1 aliphatic heterocycles. The molecule has 6 heteroatoms. The molecule has 3 aromatic rings. The molecule has 1 atom stereocenters. The van der Waals surface area contributed by atoms with Gasteiger partial charge >= 0.3 is 0 Å². The summed E-state index contributed by atoms with van der Waals surface area (Å²) < 4.78 is 5.88. The number of carbonyl (C=O) groups excluding carboxylic acids is 1. The van der Waals surface area contributed by atoms with E-state index in [0.717, 1.165) is 40.2 Å². The highest BCUT2D eigenvalue weighted by atomic mass is 32.2. The molecular weight excluding hydrogens is 346 g/mol. The minimum Gasteiger partial charge on any atom is -0.473 e. The summed E-state index contributed by atoms with van der Waals surface area (Å²) in [6, 6.07) is 13.0. The predicted molar refractivity (Wildman–Crippen MR) is 105 cm³/mol. The van der Waals surface area contributed by atoms with E-state index in [2.05, 4.69) is 15.3 Å². The third-order valence-electron chi connectivity index (χ3n) is 4.29. The number of thioether (sulfide) groups is 1. The third-order valence-corrected chi connectivity index (χ3v) is 5.42. The number of amides is 1. The number of rotatable bonds is 4. The van der Waals surface area contributed by atoms with Crippen LogP contribution < -0.4 is 10.1 Å². The van der Waals surface area contributed by atoms with E-state index in [1.807, 2.05) is 49.0 Å². The number of ether oxygens (including phenoxy) is 1. The van der Waals surface area contributed by atoms with Crippen molar-refractivity contribution in [1.29, 1.82) is 0 Å². The molecule has 3 heterocycles. The Bertz CT molecular complexity index is 955. The van der Waals surface area contributed by atoms with Gasteiger partial charge in [-0.05, 0) is 49.4 Å². The lowest BCUT2D eigenvalue weighted by Crippen LogP contribution is -2.17. The molecule has 1 aromatic carbocycles. The van der Waals surface area contributed by atoms with Gasteiger partial charge in [0.25, 0.3) is 5.91 Å². The lowest BCUT2D eigenvalue weighted by Gasteiger charge is -2.12. The fourth-order valence-electron chi connectivity index (χ4n) is 2.95. The molecule has 1 N–H and O–H groups in total. The summed E-state index contributed by atoms with van der Waals surface area (Å²) in [5.41, 5.74) is 3.08. The molecule has 0 aliphatic carbocycles. The van der Waals surface area contributed by atoms with Crippen LogP contribution in [-0.4, -0.2) is 33.5 Å². The highest BCUT2D eigenvalue weighted by Gasteiger charge is 2.18. The number of hydrogen-bond acceptors (Lipinski definition) is 5. The van der Waals surface area contributed by atoms with Gasteiger partial charge in [-0.25, -0.2) is 4.98 Å². The number of aromatic nitrogens is 2. The molecule has 1 aliphatic rings. The molecule has 132 valence electrons. The van der Waals surface area contributed by atoms with E-state index in [1.54, 1.807) is 18.3 Å². The molecule has 1 amide bonds. The second kappa shape index (κ2) is 7.33. The normalized spacial score (nSPS) is 16.6. The number of aryl methyl sites for hydroxylation is 1. The number of anilines is 1. The number of nitrogens with one attached hydrogen (secondary N) is 1. The van der Waals surface area contributed by atoms with Crippen molar-refractivity contribution in [3.05, 3.63) is 59.9 Å². The first-order valence-corrected chi connectivity index (χ1v) is 9.73. The van der Waals surface area contributed by atoms with Gasteiger partial charge in [-0.15, -0.1) is 0 Å². The maximum Gasteiger partial charge on any atom is 0.255 e. The van der Waals surface area contributed by atoms with E-state index in [1.165, 1.54) is 0 Å². The zero-order valence-electron chi connectivity index (χ0n) is 14.4. The Balaban J connectivity index is 1.55. The van der Waals surface area contributed by atoms with Gasteiger partial charge in [0, 0.05) is 34.7 Å². The monoisotopic (exact) mass is 365 g/mol. The van der Waals surface area contributed by atoms with Crippen molar-refractivity contribution in [1.82, 2.24) is 9.97 Å². The molecule has 4 rings (SSSR count). The molecule has 0 bridgehead atoms. The van der Waals surface area contributed by atoms with Gasteiger partial charge in [0.1, 0.15) is 6.10 Å². The Labute approximate surface area is 156 Å². The summed E-state index contributed by atoms with van der Waals surface area (Å²) >= 11 is 1.88. The minimum atomic E-state index is -0.189. The van der Waals surface area contributed by atoms with Crippen molar-refractivity contribution in [2.45, 2.75) is 19.4 Å². The number of carbonyl (C=O) groups is 1. The van der Waals surface area contributed by atoms with Gasteiger partial charge in [-0.2, -0.15) is 11.8 Å². The number of pyridine rings is 2. The molecule has 26 heavy (non-hydrogen) atoms. The average molecular weight is 365 g/mol. The Morgan fingerprint density at radius 3 is 3.04 bits per heavy atom. The fourth-order valence-corrected chi connectivity index (χ4v) is 4.05. The number of benzene rings is 1. The number of fused-ring (bicyclic) bond motifs is 1. The van der Waals surface area contributed by atoms with Crippen LogP contribution in [0.3, 0.4) is 0 Å². The van der Waals surface area contributed by atoms with Crippen LogP contribution in [-0.2, 0) is 0 Å². The fraction of sp³-hybridized carbons (Fsp3) is 0.250. The average Bonchev–Trinajstić information content (AvgIpc) is 3.15. The summed E-state index contributed by atoms with van der Waals surface area (Å²) in [6.07, 6.45) is 2.81. The van der Waals surface area contributed by atoms with Crippen LogP contribution in [0.25, 0.3) is 10.9 Å². The quantitative estimate of drug-likeness (QED) is 0.755. The molecule has 0 radical (unpaired) electrons. The predicted octanol–water partition coefficient (Wildman–Crippen LogP) is 4.07. The van der Waals surface area contributed by atoms with Gasteiger partial charge < -0.3 is 10.1 Å². The van der Waals surface area contributed by atoms with Crippen molar-refractivity contribution >= 4 is 34.3 Å². The molecule has 0 spiro atoms. The van der Waals surface area contributed by atoms with Gasteiger partial charge in [0.05, 0.1) is 11.2 Å². The van der Waals surface area contributed by atoms with Crippen LogP contribution in [0, 0.1) is 6.92 Å². The highest BCUT2D eigenvalue weighted by molar-refractivity contribution is 7.99. The zero-order chi connectivity index (χ0) is 17.9. The van der Waals surface area contributed by atoms with E-state index in [4.69, 9.17) is 4.74 Å². The molecule has 5 nitrogen and oxygen atoms in total. The van der Waals surface area contributed by atoms with Crippen LogP contribution in [0.4, 0.5) is 5.69 Å². The number of hydrogen-bond donors (Lipinski definition) is 1. The first-order chi connectivity index (χ1) is 12.7. The smallest absolute Gasteiger partial charge is 0.255 e. The van der Waals surface area contributed by atoms with Crippen LogP contribution in [0.15, 0.2) is 48.7 Å². The molecule has 1 fully saturated rings. The largest absolute Gasteiger partial charge is 0.473 e. The Hall–Kier alpha value is -2.60. The molecule has 0 unspecified atom stereocenters. The lowest BCUT2D eigenvalue weighted by atomic mass is 10.1. The summed E-state index contributed by atoms with van der Waals surface area (Å²) in [6.45, 7) is 1.95. The van der Waals surface area contributed by atoms with E-state index in [0.29, 0.717) is 11.4 Å². The number of nitrogens with zero attached hydrogens (tertiary/aromatic N) is 2. The molecule has 0 saturated carbocycles. The first kappa shape index (κ1) is 16.8. The molecular formula is C20H19N3O2S. The van der Waals surface area contributed by atoms with Crippen LogP contribution in [0.2, 0.25) is 0 Å². The molecule has 1 saturated heterocycles. The van der Waals surface area contributed by atoms with Gasteiger partial charge in [-0.3, -0.25) is 9.78 Å². The second-order valence-electron chi connectivity index (χ2n) is 6.27. The maximum atomic E-state index is 12.7. The van der Waals surface area contributed by atoms with Crippen molar-refractivity contribution in [2.75, 3.05) is 16.8 Å². The standard InChI is InChI=1S/C20H19N3O2S/c1-13-5-6-16-17(22-13)3-2-4-18(16)23-20(24)14-7-9-21-19(11-14)25-15-8-10-26-12-15/h2-7,9,11,15H,8,10,12H2,1H3,(H,23,24)/t15-/m1/s1. The Kier molecular flexibility index (Phi) is 4.75. The van der Waals surface area contributed by atoms with Gasteiger partial charge in [-0.1, -0.05) is 6.07 Å². The van der Waals surface area contributed by atoms with Gasteiger partial charge in [0.15, 0.2) is 0 Å². The first-order valence-electron chi connectivity index (χ1n) is 8.57. The summed E-state index contributed by atoms with van der Waals surface area (Å²) in [7, 11) is 0. The zero-order valence-corrected chi connectivity index (χ0v) is 15.3. The van der Waals surface area contributed by atoms with E-state index >= 15 is 0 Å². The summed E-state index contributed by atoms with van der Waals surface area (Å²) in [5, 5.41) is 3.89. The van der Waals surface area contributed by atoms with E-state index in [-0.39, 0.29) is 12.0 Å². The summed E-state index contributed by atoms with van der Waals surface area (Å²) in [4.78, 5) is 21.4. The van der Waals surface area contributed by atoms with Crippen molar-refractivity contribution < 1.29 is 9.53 Å².